The summed E-state index contributed by atoms with van der Waals surface area (Å²) >= 11 is 0. The molecule has 0 spiro atoms. The first-order valence-corrected chi connectivity index (χ1v) is 33.2. The van der Waals surface area contributed by atoms with Crippen molar-refractivity contribution in [1.82, 2.24) is 0 Å². The number of benzene rings is 10. The molecule has 20 bridgehead atoms. The summed E-state index contributed by atoms with van der Waals surface area (Å²) in [5.74, 6) is 3.54. The fraction of sp³-hybridized carbons (Fsp3) is 0.286. The summed E-state index contributed by atoms with van der Waals surface area (Å²) in [6.07, 6.45) is 18.2. The number of hydrogen-bond donors (Lipinski definition) is 0. The summed E-state index contributed by atoms with van der Waals surface area (Å²) in [7, 11) is 0. The summed E-state index contributed by atoms with van der Waals surface area (Å²) in [6, 6.07) is 80.7. The highest BCUT2D eigenvalue weighted by atomic mass is 16.5. The van der Waals surface area contributed by atoms with Crippen molar-refractivity contribution >= 4 is 0 Å². The van der Waals surface area contributed by atoms with Crippen molar-refractivity contribution in [1.29, 1.82) is 0 Å². The first-order valence-electron chi connectivity index (χ1n) is 33.2. The third kappa shape index (κ3) is 15.4. The average Bonchev–Trinajstić information content (AvgIpc) is 1.81. The van der Waals surface area contributed by atoms with Crippen LogP contribution in [0, 0.1) is 0 Å². The van der Waals surface area contributed by atoms with E-state index >= 15 is 0 Å². The number of ether oxygens (including phenoxy) is 4. The molecule has 4 heteroatoms. The molecule has 10 aromatic carbocycles. The fourth-order valence-corrected chi connectivity index (χ4v) is 12.1. The highest BCUT2D eigenvalue weighted by molar-refractivity contribution is 5.86. The second kappa shape index (κ2) is 30.8. The Balaban J connectivity index is 0.960. The second-order valence-electron chi connectivity index (χ2n) is 23.9. The molecular weight excluding hydrogens is 1070 g/mol. The smallest absolute Gasteiger partial charge is 0.128 e. The fourth-order valence-electron chi connectivity index (χ4n) is 12.1. The third-order valence-electron chi connectivity index (χ3n) is 17.5. The average molecular weight is 1160 g/mol. The maximum Gasteiger partial charge on any atom is 0.128 e. The van der Waals surface area contributed by atoms with E-state index in [1.165, 1.54) is 118 Å². The van der Waals surface area contributed by atoms with Crippen molar-refractivity contribution in [2.45, 2.75) is 130 Å². The zero-order chi connectivity index (χ0) is 60.3. The summed E-state index contributed by atoms with van der Waals surface area (Å²) in [5, 5.41) is 0. The normalized spacial score (nSPS) is 11.4. The van der Waals surface area contributed by atoms with Crippen molar-refractivity contribution in [2.75, 3.05) is 26.4 Å². The van der Waals surface area contributed by atoms with E-state index in [1.807, 2.05) is 0 Å². The van der Waals surface area contributed by atoms with Crippen molar-refractivity contribution in [3.63, 3.8) is 0 Å². The van der Waals surface area contributed by atoms with Gasteiger partial charge in [0, 0.05) is 22.3 Å². The Morgan fingerprint density at radius 2 is 0.307 bits per heavy atom. The van der Waals surface area contributed by atoms with Crippen LogP contribution < -0.4 is 18.9 Å². The van der Waals surface area contributed by atoms with Gasteiger partial charge in [-0.2, -0.15) is 0 Å². The molecule has 4 nitrogen and oxygen atoms in total. The van der Waals surface area contributed by atoms with Crippen LogP contribution in [0.1, 0.15) is 130 Å². The minimum absolute atomic E-state index is 0.666. The molecule has 0 N–H and O–H groups in total. The zero-order valence-corrected chi connectivity index (χ0v) is 52.6. The van der Waals surface area contributed by atoms with Crippen LogP contribution in [-0.2, 0) is 0 Å². The van der Waals surface area contributed by atoms with Crippen LogP contribution in [0.5, 0.6) is 23.0 Å². The van der Waals surface area contributed by atoms with Gasteiger partial charge in [-0.1, -0.05) is 299 Å². The maximum absolute atomic E-state index is 6.79. The van der Waals surface area contributed by atoms with Crippen molar-refractivity contribution in [2.24, 2.45) is 0 Å². The molecule has 0 radical (unpaired) electrons. The van der Waals surface area contributed by atoms with Gasteiger partial charge in [-0.3, -0.25) is 0 Å². The van der Waals surface area contributed by atoms with Crippen molar-refractivity contribution in [3.8, 4) is 134 Å². The van der Waals surface area contributed by atoms with E-state index in [2.05, 4.69) is 246 Å². The molecule has 28 aliphatic rings. The second-order valence-corrected chi connectivity index (χ2v) is 23.9. The van der Waals surface area contributed by atoms with Crippen molar-refractivity contribution < 1.29 is 18.9 Å². The Morgan fingerprint density at radius 1 is 0.170 bits per heavy atom. The summed E-state index contributed by atoms with van der Waals surface area (Å²) < 4.78 is 27.2. The first-order chi connectivity index (χ1) is 43.5. The minimum atomic E-state index is 0.666. The summed E-state index contributed by atoms with van der Waals surface area (Å²) in [4.78, 5) is 0. The lowest BCUT2D eigenvalue weighted by atomic mass is 9.93. The lowest BCUT2D eigenvalue weighted by molar-refractivity contribution is 0.299. The molecule has 88 heavy (non-hydrogen) atoms. The Hall–Kier alpha value is -8.60. The van der Waals surface area contributed by atoms with Gasteiger partial charge in [-0.15, -0.1) is 0 Å². The molecule has 0 atom stereocenters. The summed E-state index contributed by atoms with van der Waals surface area (Å²) in [6.45, 7) is 11.7. The molecule has 28 aliphatic carbocycles. The number of rotatable bonds is 24. The molecule has 0 fully saturated rings. The van der Waals surface area contributed by atoms with E-state index in [4.69, 9.17) is 18.9 Å². The molecule has 38 rings (SSSR count). The van der Waals surface area contributed by atoms with Crippen LogP contribution in [0.4, 0.5) is 0 Å². The van der Waals surface area contributed by atoms with Crippen molar-refractivity contribution in [3.05, 3.63) is 218 Å². The highest BCUT2D eigenvalue weighted by Gasteiger charge is 2.20. The van der Waals surface area contributed by atoms with Crippen LogP contribution in [0.15, 0.2) is 218 Å². The van der Waals surface area contributed by atoms with Gasteiger partial charge in [-0.05, 0) is 139 Å². The third-order valence-corrected chi connectivity index (χ3v) is 17.5. The Bertz CT molecular complexity index is 3260. The Labute approximate surface area is 525 Å². The van der Waals surface area contributed by atoms with E-state index in [-0.39, 0.29) is 0 Å². The van der Waals surface area contributed by atoms with Crippen LogP contribution in [0.25, 0.3) is 111 Å². The number of unbranched alkanes of at least 4 members (excludes halogenated alkanes) is 12. The molecule has 448 valence electrons. The van der Waals surface area contributed by atoms with Crippen LogP contribution >= 0.6 is 0 Å². The van der Waals surface area contributed by atoms with Gasteiger partial charge >= 0.3 is 0 Å². The van der Waals surface area contributed by atoms with Gasteiger partial charge in [0.05, 0.1) is 26.4 Å². The molecule has 0 saturated heterocycles. The predicted octanol–water partition coefficient (Wildman–Crippen LogP) is 24.5. The molecule has 0 heterocycles. The molecule has 0 aliphatic heterocycles. The molecule has 0 aromatic heterocycles. The molecule has 0 saturated carbocycles. The van der Waals surface area contributed by atoms with Crippen LogP contribution in [-0.4, -0.2) is 26.4 Å². The van der Waals surface area contributed by atoms with Crippen LogP contribution in [0.3, 0.4) is 0 Å². The van der Waals surface area contributed by atoms with Gasteiger partial charge in [-0.25, -0.2) is 0 Å². The summed E-state index contributed by atoms with van der Waals surface area (Å²) in [5.41, 5.74) is 22.7. The van der Waals surface area contributed by atoms with E-state index in [0.29, 0.717) is 26.4 Å². The lowest BCUT2D eigenvalue weighted by Crippen LogP contribution is -2.03. The first kappa shape index (κ1) is 61.1. The van der Waals surface area contributed by atoms with E-state index < -0.39 is 0 Å². The topological polar surface area (TPSA) is 36.9 Å². The van der Waals surface area contributed by atoms with Crippen LogP contribution in [0.2, 0.25) is 0 Å². The molecular formula is C84H88O4. The maximum atomic E-state index is 6.79. The Kier molecular flexibility index (Phi) is 21.4. The lowest BCUT2D eigenvalue weighted by Gasteiger charge is -2.19. The predicted molar refractivity (Wildman–Crippen MR) is 373 cm³/mol. The van der Waals surface area contributed by atoms with Gasteiger partial charge < -0.3 is 18.9 Å². The van der Waals surface area contributed by atoms with Gasteiger partial charge in [0.1, 0.15) is 23.0 Å². The standard InChI is InChI=1S/C84H88O4/c1-5-9-13-17-53-85-81-57-78-74-47-39-70(40-48-74)66-31-23-62(24-32-66)64-27-35-68(36-28-64)72-43-51-76(52-44-72)80-60-83(87-55-19-15-11-7-3)79(59-84(80)88-56-20-16-12-8-4)75-49-41-71(42-50-75)67-33-25-63(26-34-67)61-21-29-65(30-22-61)69-37-45-73(46-38-69)77(81)58-82(78)86-54-18-14-10-6-2/h21-52,57-60H,5-20,53-56H2,1-4H3. The molecule has 0 amide bonds. The van der Waals surface area contributed by atoms with E-state index in [9.17, 15) is 0 Å². The monoisotopic (exact) mass is 1160 g/mol. The molecule has 10 aromatic rings. The van der Waals surface area contributed by atoms with Gasteiger partial charge in [0.15, 0.2) is 0 Å². The zero-order valence-electron chi connectivity index (χ0n) is 52.6. The van der Waals surface area contributed by atoms with E-state index in [1.54, 1.807) is 0 Å². The van der Waals surface area contributed by atoms with Gasteiger partial charge in [0.25, 0.3) is 0 Å². The SMILES string of the molecule is CCCCCCOc1cc2c(OCCCCCC)cc1-c1ccc(cc1)-c1ccc(cc1)-c1ccc(cc1)-c1ccc(cc1)-c1cc(OCCCCCC)c(cc1OCCCCCC)-c1ccc(cc1)-c1ccc(cc1)-c1ccc(cc1)-c1ccc-2cc1. The molecule has 0 unspecified atom stereocenters. The largest absolute Gasteiger partial charge is 0.493 e. The Morgan fingerprint density at radius 3 is 0.443 bits per heavy atom. The minimum Gasteiger partial charge on any atom is -0.493 e. The number of hydrogen-bond acceptors (Lipinski definition) is 4. The van der Waals surface area contributed by atoms with Gasteiger partial charge in [0.2, 0.25) is 0 Å². The highest BCUT2D eigenvalue weighted by Crippen LogP contribution is 2.45. The van der Waals surface area contributed by atoms with E-state index in [0.717, 1.165) is 119 Å². The quantitative estimate of drug-likeness (QED) is 0.0565.